The van der Waals surface area contributed by atoms with Crippen molar-refractivity contribution < 1.29 is 17.9 Å². The summed E-state index contributed by atoms with van der Waals surface area (Å²) >= 11 is 0. The minimum absolute atomic E-state index is 0.0422. The highest BCUT2D eigenvalue weighted by atomic mass is 32.2. The fourth-order valence-electron chi connectivity index (χ4n) is 1.02. The van der Waals surface area contributed by atoms with Crippen molar-refractivity contribution >= 4 is 22.1 Å². The van der Waals surface area contributed by atoms with Gasteiger partial charge in [0.2, 0.25) is 0 Å². The smallest absolute Gasteiger partial charge is 0.421 e. The lowest BCUT2D eigenvalue weighted by atomic mass is 10.4. The van der Waals surface area contributed by atoms with Gasteiger partial charge in [0.05, 0.1) is 12.4 Å². The van der Waals surface area contributed by atoms with E-state index in [4.69, 9.17) is 11.1 Å². The van der Waals surface area contributed by atoms with Crippen LogP contribution < -0.4 is 10.5 Å². The van der Waals surface area contributed by atoms with Crippen molar-refractivity contribution in [2.45, 2.75) is 20.3 Å². The fraction of sp³-hybridized carbons (Fsp3) is 0.750. The number of hydrogen-bond acceptors (Lipinski definition) is 5. The summed E-state index contributed by atoms with van der Waals surface area (Å²) in [5.41, 5.74) is 5.14. The van der Waals surface area contributed by atoms with Gasteiger partial charge in [0.1, 0.15) is 0 Å². The zero-order valence-electron chi connectivity index (χ0n) is 9.89. The number of carbonyl (C=O) groups excluding carboxylic acids is 1. The minimum atomic E-state index is -3.93. The summed E-state index contributed by atoms with van der Waals surface area (Å²) in [4.78, 5) is 11.0. The Kier molecular flexibility index (Phi) is 6.51. The Bertz CT molecular complexity index is 368. The van der Waals surface area contributed by atoms with Crippen LogP contribution in [-0.2, 0) is 14.9 Å². The van der Waals surface area contributed by atoms with Crippen LogP contribution in [0.2, 0.25) is 0 Å². The molecular weight excluding hydrogens is 248 g/mol. The van der Waals surface area contributed by atoms with Gasteiger partial charge in [-0.3, -0.25) is 5.41 Å². The molecule has 0 radical (unpaired) electrons. The number of amides is 1. The van der Waals surface area contributed by atoms with Crippen molar-refractivity contribution in [3.8, 4) is 0 Å². The molecule has 0 aromatic carbocycles. The van der Waals surface area contributed by atoms with Crippen LogP contribution in [0.3, 0.4) is 0 Å². The highest BCUT2D eigenvalue weighted by Gasteiger charge is 2.23. The first kappa shape index (κ1) is 15.7. The van der Waals surface area contributed by atoms with E-state index in [0.29, 0.717) is 0 Å². The van der Waals surface area contributed by atoms with E-state index in [0.717, 1.165) is 4.31 Å². The summed E-state index contributed by atoms with van der Waals surface area (Å²) < 4.78 is 30.6. The summed E-state index contributed by atoms with van der Waals surface area (Å²) in [7, 11) is -3.93. The van der Waals surface area contributed by atoms with Crippen LogP contribution in [-0.4, -0.2) is 44.3 Å². The molecule has 0 bridgehead atoms. The van der Waals surface area contributed by atoms with Crippen molar-refractivity contribution in [1.82, 2.24) is 9.03 Å². The van der Waals surface area contributed by atoms with Gasteiger partial charge in [0, 0.05) is 19.5 Å². The Morgan fingerprint density at radius 1 is 1.47 bits per heavy atom. The van der Waals surface area contributed by atoms with E-state index in [2.05, 4.69) is 4.74 Å². The third-order valence-corrected chi connectivity index (χ3v) is 3.36. The molecule has 0 saturated carbocycles. The van der Waals surface area contributed by atoms with Gasteiger partial charge < -0.3 is 10.5 Å². The molecule has 9 heteroatoms. The number of rotatable bonds is 7. The Morgan fingerprint density at radius 2 is 2.06 bits per heavy atom. The molecule has 0 heterocycles. The zero-order valence-corrected chi connectivity index (χ0v) is 10.7. The fourth-order valence-corrected chi connectivity index (χ4v) is 2.09. The molecular formula is C8H18N4O4S. The number of nitrogens with one attached hydrogen (secondary N) is 2. The van der Waals surface area contributed by atoms with Crippen LogP contribution in [0.15, 0.2) is 0 Å². The largest absolute Gasteiger partial charge is 0.449 e. The topological polar surface area (TPSA) is 126 Å². The molecule has 8 nitrogen and oxygen atoms in total. The van der Waals surface area contributed by atoms with Gasteiger partial charge in [0.25, 0.3) is 0 Å². The van der Waals surface area contributed by atoms with Crippen LogP contribution in [0.25, 0.3) is 0 Å². The van der Waals surface area contributed by atoms with E-state index in [1.165, 1.54) is 0 Å². The standard InChI is InChI=1S/C8H18N4O4S/c1-3-12(6-5-7(9)10)17(14,15)11-8(13)16-4-2/h3-6H2,1-2H3,(H3,9,10)(H,11,13). The van der Waals surface area contributed by atoms with Gasteiger partial charge in [-0.2, -0.15) is 12.7 Å². The lowest BCUT2D eigenvalue weighted by molar-refractivity contribution is 0.158. The zero-order chi connectivity index (χ0) is 13.5. The number of hydrogen-bond donors (Lipinski definition) is 3. The Labute approximate surface area is 101 Å². The molecule has 0 aliphatic carbocycles. The molecule has 1 amide bonds. The molecule has 0 aliphatic heterocycles. The summed E-state index contributed by atoms with van der Waals surface area (Å²) in [6, 6.07) is 0. The predicted molar refractivity (Wildman–Crippen MR) is 62.9 cm³/mol. The summed E-state index contributed by atoms with van der Waals surface area (Å²) in [6.07, 6.45) is -0.911. The van der Waals surface area contributed by atoms with E-state index in [1.807, 2.05) is 0 Å². The van der Waals surface area contributed by atoms with Gasteiger partial charge in [-0.1, -0.05) is 6.92 Å². The van der Waals surface area contributed by atoms with Crippen molar-refractivity contribution in [2.24, 2.45) is 5.73 Å². The average molecular weight is 266 g/mol. The Balaban J connectivity index is 4.52. The number of nitrogens with zero attached hydrogens (tertiary/aromatic N) is 1. The molecule has 0 spiro atoms. The van der Waals surface area contributed by atoms with E-state index < -0.39 is 16.3 Å². The molecule has 0 aromatic heterocycles. The average Bonchev–Trinajstić information content (AvgIpc) is 2.16. The highest BCUT2D eigenvalue weighted by molar-refractivity contribution is 7.87. The molecule has 0 atom stereocenters. The second-order valence-electron chi connectivity index (χ2n) is 3.09. The lowest BCUT2D eigenvalue weighted by Crippen LogP contribution is -2.44. The SMILES string of the molecule is CCOC(=O)NS(=O)(=O)N(CC)CCC(=N)N. The van der Waals surface area contributed by atoms with Crippen LogP contribution in [0.1, 0.15) is 20.3 Å². The molecule has 0 aliphatic rings. The molecule has 17 heavy (non-hydrogen) atoms. The monoisotopic (exact) mass is 266 g/mol. The summed E-state index contributed by atoms with van der Waals surface area (Å²) in [5.74, 6) is -0.116. The van der Waals surface area contributed by atoms with Gasteiger partial charge in [-0.25, -0.2) is 9.52 Å². The summed E-state index contributed by atoms with van der Waals surface area (Å²) in [5, 5.41) is 7.02. The molecule has 0 saturated heterocycles. The maximum absolute atomic E-state index is 11.7. The summed E-state index contributed by atoms with van der Waals surface area (Å²) in [6.45, 7) is 3.48. The van der Waals surface area contributed by atoms with Crippen molar-refractivity contribution in [3.05, 3.63) is 0 Å². The number of amidine groups is 1. The maximum Gasteiger partial charge on any atom is 0.421 e. The van der Waals surface area contributed by atoms with E-state index >= 15 is 0 Å². The van der Waals surface area contributed by atoms with Crippen LogP contribution >= 0.6 is 0 Å². The van der Waals surface area contributed by atoms with E-state index in [-0.39, 0.29) is 32.0 Å². The third-order valence-electron chi connectivity index (χ3n) is 1.81. The van der Waals surface area contributed by atoms with Crippen LogP contribution in [0.5, 0.6) is 0 Å². The molecule has 0 rings (SSSR count). The third kappa shape index (κ3) is 6.07. The van der Waals surface area contributed by atoms with Gasteiger partial charge in [-0.05, 0) is 6.92 Å². The van der Waals surface area contributed by atoms with Crippen molar-refractivity contribution in [3.63, 3.8) is 0 Å². The quantitative estimate of drug-likeness (QED) is 0.428. The molecule has 0 unspecified atom stereocenters. The van der Waals surface area contributed by atoms with Gasteiger partial charge in [-0.15, -0.1) is 0 Å². The first-order valence-electron chi connectivity index (χ1n) is 5.11. The Morgan fingerprint density at radius 3 is 2.47 bits per heavy atom. The first-order valence-corrected chi connectivity index (χ1v) is 6.55. The molecule has 0 aromatic rings. The first-order chi connectivity index (χ1) is 7.83. The molecule has 4 N–H and O–H groups in total. The number of ether oxygens (including phenoxy) is 1. The van der Waals surface area contributed by atoms with Crippen LogP contribution in [0, 0.1) is 5.41 Å². The number of carbonyl (C=O) groups is 1. The van der Waals surface area contributed by atoms with Crippen molar-refractivity contribution in [2.75, 3.05) is 19.7 Å². The number of nitrogens with two attached hydrogens (primary N) is 1. The van der Waals surface area contributed by atoms with Crippen LogP contribution in [0.4, 0.5) is 4.79 Å². The van der Waals surface area contributed by atoms with Crippen molar-refractivity contribution in [1.29, 1.82) is 5.41 Å². The maximum atomic E-state index is 11.7. The predicted octanol–water partition coefficient (Wildman–Crippen LogP) is -0.375. The normalized spacial score (nSPS) is 11.2. The Hall–Kier alpha value is -1.35. The minimum Gasteiger partial charge on any atom is -0.449 e. The second kappa shape index (κ2) is 7.07. The molecule has 100 valence electrons. The van der Waals surface area contributed by atoms with E-state index in [1.54, 1.807) is 18.6 Å². The molecule has 0 fully saturated rings. The van der Waals surface area contributed by atoms with Gasteiger partial charge >= 0.3 is 16.3 Å². The van der Waals surface area contributed by atoms with E-state index in [9.17, 15) is 13.2 Å². The van der Waals surface area contributed by atoms with Gasteiger partial charge in [0.15, 0.2) is 0 Å². The highest BCUT2D eigenvalue weighted by Crippen LogP contribution is 1.99. The second-order valence-corrected chi connectivity index (χ2v) is 4.77. The lowest BCUT2D eigenvalue weighted by Gasteiger charge is -2.19.